The van der Waals surface area contributed by atoms with Crippen molar-refractivity contribution < 1.29 is 8.42 Å². The Hall–Kier alpha value is -0.870. The lowest BCUT2D eigenvalue weighted by molar-refractivity contribution is 0.350. The van der Waals surface area contributed by atoms with Crippen LogP contribution in [0.2, 0.25) is 0 Å². The van der Waals surface area contributed by atoms with Crippen molar-refractivity contribution in [3.63, 3.8) is 0 Å². The van der Waals surface area contributed by atoms with Crippen LogP contribution < -0.4 is 0 Å². The van der Waals surface area contributed by atoms with E-state index in [4.69, 9.17) is 0 Å². The zero-order chi connectivity index (χ0) is 12.6. The summed E-state index contributed by atoms with van der Waals surface area (Å²) in [6.07, 6.45) is 1.90. The maximum Gasteiger partial charge on any atom is 0.243 e. The van der Waals surface area contributed by atoms with E-state index in [0.717, 1.165) is 18.4 Å². The number of aryl methyl sites for hydroxylation is 1. The van der Waals surface area contributed by atoms with Gasteiger partial charge in [0.05, 0.1) is 4.90 Å². The molecule has 94 valence electrons. The second-order valence-corrected chi connectivity index (χ2v) is 6.77. The first-order chi connectivity index (χ1) is 7.93. The first kappa shape index (κ1) is 12.6. The third kappa shape index (κ3) is 2.24. The summed E-state index contributed by atoms with van der Waals surface area (Å²) in [6, 6.07) is 7.30. The predicted molar refractivity (Wildman–Crippen MR) is 68.4 cm³/mol. The topological polar surface area (TPSA) is 37.4 Å². The molecule has 0 unspecified atom stereocenters. The van der Waals surface area contributed by atoms with Gasteiger partial charge in [0.15, 0.2) is 0 Å². The minimum atomic E-state index is -3.32. The van der Waals surface area contributed by atoms with Crippen molar-refractivity contribution in [3.8, 4) is 0 Å². The lowest BCUT2D eigenvalue weighted by Gasteiger charge is -2.25. The van der Waals surface area contributed by atoms with Crippen molar-refractivity contribution in [1.82, 2.24) is 4.31 Å². The Morgan fingerprint density at radius 2 is 1.53 bits per heavy atom. The van der Waals surface area contributed by atoms with Crippen LogP contribution in [0.5, 0.6) is 0 Å². The van der Waals surface area contributed by atoms with Gasteiger partial charge < -0.3 is 0 Å². The Labute approximate surface area is 104 Å². The molecule has 2 rings (SSSR count). The smallest absolute Gasteiger partial charge is 0.207 e. The molecule has 0 N–H and O–H groups in total. The molecule has 1 aromatic rings. The summed E-state index contributed by atoms with van der Waals surface area (Å²) in [5.41, 5.74) is 1.08. The van der Waals surface area contributed by atoms with Crippen molar-refractivity contribution in [2.24, 2.45) is 0 Å². The van der Waals surface area contributed by atoms with E-state index < -0.39 is 10.0 Å². The fourth-order valence-corrected chi connectivity index (χ4v) is 4.36. The highest BCUT2D eigenvalue weighted by atomic mass is 32.2. The number of hydrogen-bond acceptors (Lipinski definition) is 2. The average Bonchev–Trinajstić information content (AvgIpc) is 2.59. The maximum atomic E-state index is 12.5. The zero-order valence-electron chi connectivity index (χ0n) is 10.6. The summed E-state index contributed by atoms with van der Waals surface area (Å²) in [7, 11) is -3.32. The number of rotatable bonds is 2. The molecule has 1 aliphatic heterocycles. The highest BCUT2D eigenvalue weighted by molar-refractivity contribution is 7.89. The molecule has 0 amide bonds. The summed E-state index contributed by atoms with van der Waals surface area (Å²) < 4.78 is 26.6. The average molecular weight is 253 g/mol. The molecule has 1 heterocycles. The fraction of sp³-hybridized carbons (Fsp3) is 0.538. The van der Waals surface area contributed by atoms with Crippen molar-refractivity contribution >= 4 is 10.0 Å². The van der Waals surface area contributed by atoms with E-state index >= 15 is 0 Å². The number of hydrogen-bond donors (Lipinski definition) is 0. The van der Waals surface area contributed by atoms with E-state index in [-0.39, 0.29) is 12.1 Å². The molecule has 2 atom stereocenters. The second-order valence-electron chi connectivity index (χ2n) is 4.92. The van der Waals surface area contributed by atoms with E-state index in [0.29, 0.717) is 4.90 Å². The SMILES string of the molecule is Cc1ccc(S(=O)(=O)N2[C@@H](C)CC[C@@H]2C)cc1. The largest absolute Gasteiger partial charge is 0.243 e. The molecule has 1 saturated heterocycles. The molecule has 1 fully saturated rings. The molecule has 4 heteroatoms. The molecular weight excluding hydrogens is 234 g/mol. The third-order valence-corrected chi connectivity index (χ3v) is 5.61. The summed E-state index contributed by atoms with van der Waals surface area (Å²) in [5, 5.41) is 0. The van der Waals surface area contributed by atoms with Crippen LogP contribution in [-0.4, -0.2) is 24.8 Å². The van der Waals surface area contributed by atoms with Crippen LogP contribution in [0, 0.1) is 6.92 Å². The van der Waals surface area contributed by atoms with Crippen LogP contribution in [0.15, 0.2) is 29.2 Å². The zero-order valence-corrected chi connectivity index (χ0v) is 11.4. The number of benzene rings is 1. The third-order valence-electron chi connectivity index (χ3n) is 3.47. The Morgan fingerprint density at radius 3 is 2.00 bits per heavy atom. The monoisotopic (exact) mass is 253 g/mol. The summed E-state index contributed by atoms with van der Waals surface area (Å²) >= 11 is 0. The number of sulfonamides is 1. The van der Waals surface area contributed by atoms with Crippen molar-refractivity contribution in [2.75, 3.05) is 0 Å². The maximum absolute atomic E-state index is 12.5. The van der Waals surface area contributed by atoms with Crippen LogP contribution in [-0.2, 0) is 10.0 Å². The predicted octanol–water partition coefficient (Wildman–Crippen LogP) is 2.56. The van der Waals surface area contributed by atoms with Gasteiger partial charge in [-0.3, -0.25) is 0 Å². The van der Waals surface area contributed by atoms with Gasteiger partial charge in [-0.15, -0.1) is 0 Å². The molecule has 1 aliphatic rings. The molecule has 17 heavy (non-hydrogen) atoms. The second kappa shape index (κ2) is 4.42. The Morgan fingerprint density at radius 1 is 1.06 bits per heavy atom. The molecule has 0 radical (unpaired) electrons. The molecule has 0 spiro atoms. The van der Waals surface area contributed by atoms with E-state index in [2.05, 4.69) is 0 Å². The van der Waals surface area contributed by atoms with Gasteiger partial charge in [-0.25, -0.2) is 8.42 Å². The van der Waals surface area contributed by atoms with Crippen molar-refractivity contribution in [2.45, 2.75) is 50.6 Å². The van der Waals surface area contributed by atoms with Crippen LogP contribution in [0.25, 0.3) is 0 Å². The molecule has 0 saturated carbocycles. The highest BCUT2D eigenvalue weighted by Crippen LogP contribution is 2.30. The molecule has 1 aromatic carbocycles. The van der Waals surface area contributed by atoms with Crippen LogP contribution in [0.1, 0.15) is 32.3 Å². The van der Waals surface area contributed by atoms with E-state index in [1.807, 2.05) is 32.9 Å². The molecule has 0 aromatic heterocycles. The van der Waals surface area contributed by atoms with Gasteiger partial charge >= 0.3 is 0 Å². The minimum absolute atomic E-state index is 0.108. The summed E-state index contributed by atoms with van der Waals surface area (Å²) in [5.74, 6) is 0. The molecule has 0 aliphatic carbocycles. The van der Waals surface area contributed by atoms with Gasteiger partial charge in [-0.05, 0) is 45.7 Å². The van der Waals surface area contributed by atoms with Gasteiger partial charge in [-0.1, -0.05) is 17.7 Å². The highest BCUT2D eigenvalue weighted by Gasteiger charge is 2.37. The Kier molecular flexibility index (Phi) is 3.27. The number of nitrogens with zero attached hydrogens (tertiary/aromatic N) is 1. The van der Waals surface area contributed by atoms with Gasteiger partial charge in [-0.2, -0.15) is 4.31 Å². The van der Waals surface area contributed by atoms with Crippen LogP contribution in [0.4, 0.5) is 0 Å². The molecular formula is C13H19NO2S. The van der Waals surface area contributed by atoms with E-state index in [9.17, 15) is 8.42 Å². The first-order valence-corrected chi connectivity index (χ1v) is 7.47. The lowest BCUT2D eigenvalue weighted by atomic mass is 10.2. The van der Waals surface area contributed by atoms with E-state index in [1.54, 1.807) is 16.4 Å². The van der Waals surface area contributed by atoms with Gasteiger partial charge in [0.2, 0.25) is 10.0 Å². The first-order valence-electron chi connectivity index (χ1n) is 6.03. The van der Waals surface area contributed by atoms with Crippen LogP contribution >= 0.6 is 0 Å². The summed E-state index contributed by atoms with van der Waals surface area (Å²) in [4.78, 5) is 0.406. The molecule has 0 bridgehead atoms. The standard InChI is InChI=1S/C13H19NO2S/c1-10-4-8-13(9-5-10)17(15,16)14-11(2)6-7-12(14)3/h4-5,8-9,11-12H,6-7H2,1-3H3/t11-,12-/m0/s1. The normalized spacial score (nSPS) is 26.3. The molecule has 3 nitrogen and oxygen atoms in total. The van der Waals surface area contributed by atoms with Gasteiger partial charge in [0.25, 0.3) is 0 Å². The van der Waals surface area contributed by atoms with Gasteiger partial charge in [0.1, 0.15) is 0 Å². The van der Waals surface area contributed by atoms with E-state index in [1.165, 1.54) is 0 Å². The van der Waals surface area contributed by atoms with Crippen molar-refractivity contribution in [1.29, 1.82) is 0 Å². The minimum Gasteiger partial charge on any atom is -0.207 e. The Bertz CT molecular complexity index is 483. The quantitative estimate of drug-likeness (QED) is 0.812. The van der Waals surface area contributed by atoms with Crippen LogP contribution in [0.3, 0.4) is 0 Å². The Balaban J connectivity index is 2.39. The van der Waals surface area contributed by atoms with Gasteiger partial charge in [0, 0.05) is 12.1 Å². The summed E-state index contributed by atoms with van der Waals surface area (Å²) in [6.45, 7) is 5.92. The van der Waals surface area contributed by atoms with Crippen molar-refractivity contribution in [3.05, 3.63) is 29.8 Å². The fourth-order valence-electron chi connectivity index (χ4n) is 2.48. The lowest BCUT2D eigenvalue weighted by Crippen LogP contribution is -2.38.